The van der Waals surface area contributed by atoms with Crippen LogP contribution in [0.5, 0.6) is 0 Å². The fourth-order valence-electron chi connectivity index (χ4n) is 5.72. The molecule has 0 radical (unpaired) electrons. The molecule has 0 fully saturated rings. The predicted octanol–water partition coefficient (Wildman–Crippen LogP) is 12.4. The molecule has 8 heteroatoms. The molecule has 5 aromatic carbocycles. The van der Waals surface area contributed by atoms with Gasteiger partial charge in [0.25, 0.3) is 0 Å². The van der Waals surface area contributed by atoms with Crippen LogP contribution in [-0.2, 0) is 0 Å². The average Bonchev–Trinajstić information content (AvgIpc) is 3.29. The molecule has 0 saturated heterocycles. The molecule has 0 amide bonds. The summed E-state index contributed by atoms with van der Waals surface area (Å²) in [6.45, 7) is 24.8. The fraction of sp³-hybridized carbons (Fsp3) is 0.250. The molecule has 0 aromatic heterocycles. The molecule has 318 valence electrons. The number of rotatable bonds is 8. The highest BCUT2D eigenvalue weighted by atomic mass is 28.3. The van der Waals surface area contributed by atoms with Crippen LogP contribution in [0.25, 0.3) is 0 Å². The van der Waals surface area contributed by atoms with Crippen LogP contribution in [0.4, 0.5) is 11.4 Å². The van der Waals surface area contributed by atoms with Gasteiger partial charge in [-0.15, -0.1) is 21.3 Å². The standard InChI is InChI=1S/C56H56N6Si2/c1-11-61(12-2)59-57-55-29-21-19-27-49(55)35-31-45-23-15-17-25-47(45)33-37-51-43-52(54(40-42-64(8,9)10)44-53(51)39-41-63(5,6)7)38-34-48-26-18-16-24-46(48)32-36-50-28-20-22-30-56(50)58-60-62(13-3)14-4/h15-30,43-44H,11-14H2,1-10H3. The number of hydrogen-bond donors (Lipinski definition) is 0. The van der Waals surface area contributed by atoms with E-state index in [0.29, 0.717) is 0 Å². The van der Waals surface area contributed by atoms with Gasteiger partial charge in [-0.1, -0.05) is 157 Å². The van der Waals surface area contributed by atoms with Crippen LogP contribution >= 0.6 is 0 Å². The molecule has 0 unspecified atom stereocenters. The Labute approximate surface area is 384 Å². The maximum Gasteiger partial charge on any atom is 0.129 e. The molecule has 0 bridgehead atoms. The Bertz CT molecular complexity index is 2710. The number of nitrogens with zero attached hydrogens (tertiary/aromatic N) is 6. The number of benzene rings is 5. The van der Waals surface area contributed by atoms with Crippen molar-refractivity contribution in [3.05, 3.63) is 165 Å². The van der Waals surface area contributed by atoms with E-state index in [9.17, 15) is 0 Å². The minimum atomic E-state index is -1.75. The van der Waals surface area contributed by atoms with E-state index in [-0.39, 0.29) is 0 Å². The van der Waals surface area contributed by atoms with Crippen molar-refractivity contribution in [3.8, 4) is 70.3 Å². The number of hydrogen-bond acceptors (Lipinski definition) is 4. The van der Waals surface area contributed by atoms with Crippen LogP contribution in [0.2, 0.25) is 39.3 Å². The minimum absolute atomic E-state index is 0.718. The molecule has 5 aromatic rings. The lowest BCUT2D eigenvalue weighted by Crippen LogP contribution is -2.16. The summed E-state index contributed by atoms with van der Waals surface area (Å²) in [5, 5.41) is 21.6. The summed E-state index contributed by atoms with van der Waals surface area (Å²) in [7, 11) is -3.49. The zero-order valence-electron chi connectivity index (χ0n) is 38.9. The molecule has 0 N–H and O–H groups in total. The third kappa shape index (κ3) is 15.0. The Balaban J connectivity index is 1.62. The van der Waals surface area contributed by atoms with Gasteiger partial charge in [0.1, 0.15) is 27.5 Å². The van der Waals surface area contributed by atoms with Gasteiger partial charge in [-0.2, -0.15) is 0 Å². The third-order valence-electron chi connectivity index (χ3n) is 9.31. The van der Waals surface area contributed by atoms with E-state index in [1.54, 1.807) is 0 Å². The van der Waals surface area contributed by atoms with Crippen molar-refractivity contribution >= 4 is 27.5 Å². The Morgan fingerprint density at radius 2 is 0.594 bits per heavy atom. The Morgan fingerprint density at radius 3 is 0.891 bits per heavy atom. The van der Waals surface area contributed by atoms with E-state index in [4.69, 9.17) is 0 Å². The molecular formula is C56H56N6Si2. The topological polar surface area (TPSA) is 55.9 Å². The quantitative estimate of drug-likeness (QED) is 0.0675. The fourth-order valence-corrected chi connectivity index (χ4v) is 6.74. The molecule has 0 aliphatic rings. The largest absolute Gasteiger partial charge is 0.279 e. The first-order valence-electron chi connectivity index (χ1n) is 21.8. The maximum absolute atomic E-state index is 4.50. The predicted molar refractivity (Wildman–Crippen MR) is 271 cm³/mol. The molecular weight excluding hydrogens is 813 g/mol. The van der Waals surface area contributed by atoms with Crippen molar-refractivity contribution in [2.75, 3.05) is 26.2 Å². The average molecular weight is 869 g/mol. The van der Waals surface area contributed by atoms with Crippen molar-refractivity contribution in [2.45, 2.75) is 67.0 Å². The molecule has 0 atom stereocenters. The lowest BCUT2D eigenvalue weighted by atomic mass is 9.98. The Hall–Kier alpha value is -7.31. The highest BCUT2D eigenvalue weighted by Crippen LogP contribution is 2.22. The van der Waals surface area contributed by atoms with Crippen LogP contribution in [0.15, 0.2) is 130 Å². The molecule has 64 heavy (non-hydrogen) atoms. The summed E-state index contributed by atoms with van der Waals surface area (Å²) < 4.78 is 0. The van der Waals surface area contributed by atoms with E-state index in [1.807, 2.05) is 113 Å². The van der Waals surface area contributed by atoms with Gasteiger partial charge in [0.05, 0.1) is 11.1 Å². The summed E-state index contributed by atoms with van der Waals surface area (Å²) in [5.74, 6) is 34.3. The van der Waals surface area contributed by atoms with E-state index in [0.717, 1.165) is 93.2 Å². The van der Waals surface area contributed by atoms with Gasteiger partial charge in [0, 0.05) is 70.7 Å². The first kappa shape index (κ1) is 47.7. The van der Waals surface area contributed by atoms with Gasteiger partial charge in [0.2, 0.25) is 0 Å². The van der Waals surface area contributed by atoms with Gasteiger partial charge in [0.15, 0.2) is 0 Å². The Kier molecular flexibility index (Phi) is 17.3. The van der Waals surface area contributed by atoms with E-state index in [2.05, 4.69) is 164 Å². The highest BCUT2D eigenvalue weighted by Gasteiger charge is 2.12. The second-order valence-corrected chi connectivity index (χ2v) is 26.2. The molecule has 6 nitrogen and oxygen atoms in total. The summed E-state index contributed by atoms with van der Waals surface area (Å²) in [4.78, 5) is 0. The van der Waals surface area contributed by atoms with Gasteiger partial charge < -0.3 is 0 Å². The van der Waals surface area contributed by atoms with Crippen molar-refractivity contribution in [1.29, 1.82) is 0 Å². The maximum atomic E-state index is 4.50. The van der Waals surface area contributed by atoms with Gasteiger partial charge in [-0.3, -0.25) is 10.0 Å². The summed E-state index contributed by atoms with van der Waals surface area (Å²) in [6.07, 6.45) is 0. The summed E-state index contributed by atoms with van der Waals surface area (Å²) in [5.41, 5.74) is 16.6. The van der Waals surface area contributed by atoms with Crippen molar-refractivity contribution in [3.63, 3.8) is 0 Å². The smallest absolute Gasteiger partial charge is 0.129 e. The van der Waals surface area contributed by atoms with Crippen LogP contribution in [-0.4, -0.2) is 52.3 Å². The lowest BCUT2D eigenvalue weighted by molar-refractivity contribution is 0.300. The van der Waals surface area contributed by atoms with Crippen molar-refractivity contribution < 1.29 is 0 Å². The summed E-state index contributed by atoms with van der Waals surface area (Å²) in [6, 6.07) is 35.6. The Morgan fingerprint density at radius 1 is 0.344 bits per heavy atom. The minimum Gasteiger partial charge on any atom is -0.279 e. The van der Waals surface area contributed by atoms with Crippen LogP contribution < -0.4 is 0 Å². The molecule has 0 heterocycles. The van der Waals surface area contributed by atoms with Gasteiger partial charge in [-0.05, 0) is 88.4 Å². The van der Waals surface area contributed by atoms with Crippen molar-refractivity contribution in [2.24, 2.45) is 20.7 Å². The van der Waals surface area contributed by atoms with E-state index >= 15 is 0 Å². The molecule has 0 spiro atoms. The summed E-state index contributed by atoms with van der Waals surface area (Å²) >= 11 is 0. The highest BCUT2D eigenvalue weighted by molar-refractivity contribution is 6.84. The first-order valence-corrected chi connectivity index (χ1v) is 28.8. The monoisotopic (exact) mass is 868 g/mol. The third-order valence-corrected chi connectivity index (χ3v) is 11.1. The van der Waals surface area contributed by atoms with Crippen LogP contribution in [0.3, 0.4) is 0 Å². The molecule has 5 rings (SSSR count). The molecule has 0 saturated carbocycles. The van der Waals surface area contributed by atoms with E-state index in [1.165, 1.54) is 0 Å². The zero-order valence-corrected chi connectivity index (χ0v) is 40.9. The lowest BCUT2D eigenvalue weighted by Gasteiger charge is -2.11. The first-order chi connectivity index (χ1) is 30.8. The second kappa shape index (κ2) is 23.2. The SMILES string of the molecule is CCN(CC)N=Nc1ccccc1C#Cc1ccccc1C#Cc1cc(C#Cc2ccccc2C#Cc2ccccc2N=NN(CC)CC)c(C#C[Si](C)(C)C)cc1C#C[Si](C)(C)C. The molecule has 0 aliphatic carbocycles. The second-order valence-electron chi connectivity index (χ2n) is 16.7. The zero-order chi connectivity index (χ0) is 46.0. The van der Waals surface area contributed by atoms with Crippen LogP contribution in [0.1, 0.15) is 83.3 Å². The van der Waals surface area contributed by atoms with Crippen LogP contribution in [0, 0.1) is 70.3 Å². The normalized spacial score (nSPS) is 10.7. The van der Waals surface area contributed by atoms with Gasteiger partial charge >= 0.3 is 0 Å². The van der Waals surface area contributed by atoms with Gasteiger partial charge in [-0.25, -0.2) is 0 Å². The molecule has 0 aliphatic heterocycles. The van der Waals surface area contributed by atoms with Crippen molar-refractivity contribution in [1.82, 2.24) is 10.0 Å². The van der Waals surface area contributed by atoms with E-state index < -0.39 is 16.1 Å².